The van der Waals surface area contributed by atoms with Crippen LogP contribution in [0.15, 0.2) is 6.07 Å². The molecule has 0 saturated carbocycles. The lowest BCUT2D eigenvalue weighted by Gasteiger charge is -2.11. The monoisotopic (exact) mass is 254 g/mol. The second-order valence-corrected chi connectivity index (χ2v) is 4.16. The largest absolute Gasteiger partial charge is 0.394 e. The lowest BCUT2D eigenvalue weighted by molar-refractivity contribution is 0.0992. The fraction of sp³-hybridized carbons (Fsp3) is 0.667. The van der Waals surface area contributed by atoms with Crippen LogP contribution in [0.3, 0.4) is 0 Å². The van der Waals surface area contributed by atoms with Gasteiger partial charge in [-0.05, 0) is 0 Å². The molecule has 1 heterocycles. The molecule has 0 bridgehead atoms. The highest BCUT2D eigenvalue weighted by Crippen LogP contribution is 2.16. The lowest BCUT2D eigenvalue weighted by Crippen LogP contribution is -2.13. The molecule has 0 unspecified atom stereocenters. The molecule has 102 valence electrons. The minimum absolute atomic E-state index is 0.0505. The Balaban J connectivity index is 2.56. The molecule has 0 radical (unpaired) electrons. The third-order valence-electron chi connectivity index (χ3n) is 2.30. The third kappa shape index (κ3) is 4.85. The third-order valence-corrected chi connectivity index (χ3v) is 2.30. The van der Waals surface area contributed by atoms with E-state index in [2.05, 4.69) is 34.4 Å². The van der Waals surface area contributed by atoms with Gasteiger partial charge in [0.05, 0.1) is 19.8 Å². The van der Waals surface area contributed by atoms with E-state index in [0.29, 0.717) is 19.8 Å². The molecule has 0 aliphatic rings. The fourth-order valence-electron chi connectivity index (χ4n) is 1.36. The molecule has 0 fully saturated rings. The summed E-state index contributed by atoms with van der Waals surface area (Å²) in [5.41, 5.74) is 0. The first-order chi connectivity index (χ1) is 8.67. The number of hydrogen-bond acceptors (Lipinski definition) is 6. The Labute approximate surface area is 108 Å². The molecule has 6 nitrogen and oxygen atoms in total. The van der Waals surface area contributed by atoms with Crippen molar-refractivity contribution in [3.05, 3.63) is 11.9 Å². The molecule has 0 amide bonds. The van der Waals surface area contributed by atoms with E-state index in [4.69, 9.17) is 9.84 Å². The number of hydrogen-bond donors (Lipinski definition) is 3. The highest BCUT2D eigenvalue weighted by atomic mass is 16.5. The van der Waals surface area contributed by atoms with Crippen molar-refractivity contribution < 1.29 is 9.84 Å². The van der Waals surface area contributed by atoms with Crippen LogP contribution in [0.5, 0.6) is 0 Å². The number of aliphatic hydroxyl groups is 1. The topological polar surface area (TPSA) is 79.3 Å². The Morgan fingerprint density at radius 2 is 2.00 bits per heavy atom. The van der Waals surface area contributed by atoms with Crippen molar-refractivity contribution in [1.82, 2.24) is 9.97 Å². The Morgan fingerprint density at radius 3 is 2.61 bits per heavy atom. The summed E-state index contributed by atoms with van der Waals surface area (Å²) in [6.45, 7) is 5.72. The van der Waals surface area contributed by atoms with Gasteiger partial charge in [-0.2, -0.15) is 0 Å². The Bertz CT molecular complexity index is 358. The zero-order chi connectivity index (χ0) is 13.4. The number of ether oxygens (including phenoxy) is 1. The lowest BCUT2D eigenvalue weighted by atomic mass is 10.2. The average Bonchev–Trinajstić information content (AvgIpc) is 2.38. The molecular formula is C12H22N4O2. The van der Waals surface area contributed by atoms with Crippen molar-refractivity contribution in [2.45, 2.75) is 19.8 Å². The summed E-state index contributed by atoms with van der Waals surface area (Å²) in [4.78, 5) is 8.81. The first-order valence-electron chi connectivity index (χ1n) is 6.16. The van der Waals surface area contributed by atoms with E-state index in [0.717, 1.165) is 17.5 Å². The van der Waals surface area contributed by atoms with Gasteiger partial charge in [0.25, 0.3) is 0 Å². The maximum Gasteiger partial charge on any atom is 0.135 e. The summed E-state index contributed by atoms with van der Waals surface area (Å²) < 4.78 is 5.17. The normalized spacial score (nSPS) is 10.7. The molecule has 3 N–H and O–H groups in total. The number of nitrogens with zero attached hydrogens (tertiary/aromatic N) is 2. The van der Waals surface area contributed by atoms with Gasteiger partial charge in [0.1, 0.15) is 17.5 Å². The SMILES string of the molecule is CNc1cc(NCCOCCO)nc(C(C)C)n1. The molecule has 0 atom stereocenters. The molecular weight excluding hydrogens is 232 g/mol. The van der Waals surface area contributed by atoms with Gasteiger partial charge in [-0.15, -0.1) is 0 Å². The van der Waals surface area contributed by atoms with Crippen LogP contribution in [0.25, 0.3) is 0 Å². The number of anilines is 2. The number of rotatable bonds is 8. The maximum atomic E-state index is 8.57. The summed E-state index contributed by atoms with van der Waals surface area (Å²) >= 11 is 0. The first-order valence-corrected chi connectivity index (χ1v) is 6.16. The predicted molar refractivity (Wildman–Crippen MR) is 72.1 cm³/mol. The standard InChI is InChI=1S/C12H22N4O2/c1-9(2)12-15-10(13-3)8-11(16-12)14-4-6-18-7-5-17/h8-9,17H,4-7H2,1-3H3,(H2,13,14,15,16). The molecule has 0 aromatic carbocycles. The van der Waals surface area contributed by atoms with Crippen molar-refractivity contribution >= 4 is 11.6 Å². The van der Waals surface area contributed by atoms with E-state index in [1.165, 1.54) is 0 Å². The minimum atomic E-state index is 0.0505. The van der Waals surface area contributed by atoms with Crippen LogP contribution in [0.1, 0.15) is 25.6 Å². The van der Waals surface area contributed by atoms with E-state index in [-0.39, 0.29) is 12.5 Å². The zero-order valence-corrected chi connectivity index (χ0v) is 11.2. The van der Waals surface area contributed by atoms with Crippen LogP contribution >= 0.6 is 0 Å². The van der Waals surface area contributed by atoms with Gasteiger partial charge in [0.2, 0.25) is 0 Å². The quantitative estimate of drug-likeness (QED) is 0.602. The van der Waals surface area contributed by atoms with Crippen LogP contribution in [-0.2, 0) is 4.74 Å². The molecule has 1 rings (SSSR count). The second kappa shape index (κ2) is 7.84. The van der Waals surface area contributed by atoms with Crippen LogP contribution in [-0.4, -0.2) is 48.5 Å². The van der Waals surface area contributed by atoms with Gasteiger partial charge in [0.15, 0.2) is 0 Å². The predicted octanol–water partition coefficient (Wildman–Crippen LogP) is 1.06. The van der Waals surface area contributed by atoms with Crippen molar-refractivity contribution in [3.63, 3.8) is 0 Å². The number of nitrogens with one attached hydrogen (secondary N) is 2. The van der Waals surface area contributed by atoms with Gasteiger partial charge >= 0.3 is 0 Å². The van der Waals surface area contributed by atoms with Crippen LogP contribution in [0, 0.1) is 0 Å². The summed E-state index contributed by atoms with van der Waals surface area (Å²) in [6.07, 6.45) is 0. The molecule has 0 aliphatic carbocycles. The van der Waals surface area contributed by atoms with Crippen molar-refractivity contribution in [2.24, 2.45) is 0 Å². The Hall–Kier alpha value is -1.40. The van der Waals surface area contributed by atoms with Crippen LogP contribution < -0.4 is 10.6 Å². The fourth-order valence-corrected chi connectivity index (χ4v) is 1.36. The molecule has 1 aromatic heterocycles. The zero-order valence-electron chi connectivity index (χ0n) is 11.2. The van der Waals surface area contributed by atoms with Crippen molar-refractivity contribution in [2.75, 3.05) is 44.0 Å². The molecule has 0 saturated heterocycles. The highest BCUT2D eigenvalue weighted by molar-refractivity contribution is 5.47. The summed E-state index contributed by atoms with van der Waals surface area (Å²) in [7, 11) is 1.83. The van der Waals surface area contributed by atoms with Gasteiger partial charge in [-0.25, -0.2) is 9.97 Å². The summed E-state index contributed by atoms with van der Waals surface area (Å²) in [6, 6.07) is 1.86. The van der Waals surface area contributed by atoms with E-state index >= 15 is 0 Å². The highest BCUT2D eigenvalue weighted by Gasteiger charge is 2.06. The van der Waals surface area contributed by atoms with Crippen LogP contribution in [0.2, 0.25) is 0 Å². The van der Waals surface area contributed by atoms with Gasteiger partial charge < -0.3 is 20.5 Å². The Morgan fingerprint density at radius 1 is 1.28 bits per heavy atom. The average molecular weight is 254 g/mol. The first kappa shape index (κ1) is 14.7. The van der Waals surface area contributed by atoms with Crippen molar-refractivity contribution in [1.29, 1.82) is 0 Å². The smallest absolute Gasteiger partial charge is 0.135 e. The van der Waals surface area contributed by atoms with Crippen LogP contribution in [0.4, 0.5) is 11.6 Å². The number of aromatic nitrogens is 2. The molecule has 0 aliphatic heterocycles. The molecule has 1 aromatic rings. The van der Waals surface area contributed by atoms with Gasteiger partial charge in [-0.3, -0.25) is 0 Å². The Kier molecular flexibility index (Phi) is 6.38. The number of aliphatic hydroxyl groups excluding tert-OH is 1. The van der Waals surface area contributed by atoms with E-state index in [9.17, 15) is 0 Å². The van der Waals surface area contributed by atoms with Crippen molar-refractivity contribution in [3.8, 4) is 0 Å². The van der Waals surface area contributed by atoms with E-state index < -0.39 is 0 Å². The molecule has 6 heteroatoms. The molecule has 18 heavy (non-hydrogen) atoms. The minimum Gasteiger partial charge on any atom is -0.394 e. The van der Waals surface area contributed by atoms with E-state index in [1.807, 2.05) is 13.1 Å². The molecule has 0 spiro atoms. The van der Waals surface area contributed by atoms with Gasteiger partial charge in [0, 0.05) is 25.6 Å². The maximum absolute atomic E-state index is 8.57. The second-order valence-electron chi connectivity index (χ2n) is 4.16. The van der Waals surface area contributed by atoms with E-state index in [1.54, 1.807) is 0 Å². The summed E-state index contributed by atoms with van der Waals surface area (Å²) in [5, 5.41) is 14.8. The summed E-state index contributed by atoms with van der Waals surface area (Å²) in [5.74, 6) is 2.67. The van der Waals surface area contributed by atoms with Gasteiger partial charge in [-0.1, -0.05) is 13.8 Å².